The van der Waals surface area contributed by atoms with Gasteiger partial charge in [-0.3, -0.25) is 4.79 Å². The normalized spacial score (nSPS) is 20.2. The number of carbonyl (C=O) groups excluding carboxylic acids is 2. The molecule has 3 nitrogen and oxygen atoms in total. The third-order valence-electron chi connectivity index (χ3n) is 1.28. The molecule has 0 heterocycles. The Bertz CT molecular complexity index is 131. The van der Waals surface area contributed by atoms with Crippen molar-refractivity contribution in [2.24, 2.45) is 5.92 Å². The first kappa shape index (κ1) is 5.28. The molecule has 0 radical (unpaired) electrons. The van der Waals surface area contributed by atoms with Gasteiger partial charge in [-0.05, 0) is 0 Å². The number of Topliss-reactive ketones (excluding diaryl/α,β-unsaturated/α-hetero) is 1. The van der Waals surface area contributed by atoms with Gasteiger partial charge in [0.25, 0.3) is 0 Å². The van der Waals surface area contributed by atoms with Crippen LogP contribution in [0.2, 0.25) is 0 Å². The minimum absolute atomic E-state index is 0.0270. The van der Waals surface area contributed by atoms with Gasteiger partial charge in [-0.25, -0.2) is 0 Å². The van der Waals surface area contributed by atoms with Gasteiger partial charge in [-0.1, -0.05) is 0 Å². The summed E-state index contributed by atoms with van der Waals surface area (Å²) in [5, 5.41) is 9.86. The van der Waals surface area contributed by atoms with Gasteiger partial charge in [0.1, 0.15) is 5.78 Å². The predicted octanol–water partition coefficient (Wildman–Crippen LogP) is -1.28. The minimum Gasteiger partial charge on any atom is -0.550 e. The second-order valence-electron chi connectivity index (χ2n) is 1.96. The Hall–Kier alpha value is -0.860. The van der Waals surface area contributed by atoms with E-state index < -0.39 is 11.9 Å². The number of rotatable bonds is 1. The van der Waals surface area contributed by atoms with Gasteiger partial charge < -0.3 is 9.90 Å². The molecule has 8 heavy (non-hydrogen) atoms. The van der Waals surface area contributed by atoms with Crippen molar-refractivity contribution in [2.45, 2.75) is 12.8 Å². The average molecular weight is 113 g/mol. The van der Waals surface area contributed by atoms with Crippen LogP contribution in [0.1, 0.15) is 12.8 Å². The summed E-state index contributed by atoms with van der Waals surface area (Å²) >= 11 is 0. The molecule has 0 aromatic heterocycles. The van der Waals surface area contributed by atoms with E-state index in [-0.39, 0.29) is 18.6 Å². The molecule has 1 aliphatic carbocycles. The zero-order valence-corrected chi connectivity index (χ0v) is 4.22. The van der Waals surface area contributed by atoms with Gasteiger partial charge >= 0.3 is 0 Å². The molecule has 0 saturated heterocycles. The quantitative estimate of drug-likeness (QED) is 0.425. The van der Waals surface area contributed by atoms with Crippen molar-refractivity contribution in [3.8, 4) is 0 Å². The van der Waals surface area contributed by atoms with Crippen LogP contribution in [0.3, 0.4) is 0 Å². The maximum Gasteiger partial charge on any atom is 0.134 e. The third-order valence-corrected chi connectivity index (χ3v) is 1.28. The maximum atomic E-state index is 10.1. The van der Waals surface area contributed by atoms with E-state index in [1.165, 1.54) is 0 Å². The summed E-state index contributed by atoms with van der Waals surface area (Å²) < 4.78 is 0. The van der Waals surface area contributed by atoms with Crippen molar-refractivity contribution >= 4 is 11.8 Å². The molecule has 0 amide bonds. The Labute approximate surface area is 46.3 Å². The number of ketones is 1. The third kappa shape index (κ3) is 0.710. The van der Waals surface area contributed by atoms with Crippen molar-refractivity contribution in [3.63, 3.8) is 0 Å². The van der Waals surface area contributed by atoms with Crippen LogP contribution in [0, 0.1) is 5.92 Å². The summed E-state index contributed by atoms with van der Waals surface area (Å²) in [5.41, 5.74) is 0. The van der Waals surface area contributed by atoms with E-state index >= 15 is 0 Å². The molecule has 0 spiro atoms. The van der Waals surface area contributed by atoms with Crippen LogP contribution >= 0.6 is 0 Å². The van der Waals surface area contributed by atoms with Crippen molar-refractivity contribution in [2.75, 3.05) is 0 Å². The van der Waals surface area contributed by atoms with E-state index in [1.807, 2.05) is 0 Å². The second-order valence-corrected chi connectivity index (χ2v) is 1.96. The number of carbonyl (C=O) groups is 2. The smallest absolute Gasteiger partial charge is 0.134 e. The van der Waals surface area contributed by atoms with Gasteiger partial charge in [0.2, 0.25) is 0 Å². The molecule has 0 aliphatic heterocycles. The molecule has 0 aromatic carbocycles. The molecule has 1 saturated carbocycles. The largest absolute Gasteiger partial charge is 0.550 e. The lowest BCUT2D eigenvalue weighted by Gasteiger charge is -2.24. The van der Waals surface area contributed by atoms with E-state index in [0.717, 1.165) is 0 Å². The van der Waals surface area contributed by atoms with Gasteiger partial charge in [0.15, 0.2) is 0 Å². The molecule has 1 fully saturated rings. The van der Waals surface area contributed by atoms with E-state index in [0.29, 0.717) is 0 Å². The Kier molecular flexibility index (Phi) is 1.04. The molecule has 3 heteroatoms. The van der Waals surface area contributed by atoms with Gasteiger partial charge in [0, 0.05) is 24.7 Å². The summed E-state index contributed by atoms with van der Waals surface area (Å²) in [7, 11) is 0. The standard InChI is InChI=1S/C5H6O3/c6-4-1-3(2-4)5(7)8/h3H,1-2H2,(H,7,8)/p-1. The molecule has 0 bridgehead atoms. The monoisotopic (exact) mass is 113 g/mol. The lowest BCUT2D eigenvalue weighted by molar-refractivity contribution is -0.313. The topological polar surface area (TPSA) is 57.2 Å². The summed E-state index contributed by atoms with van der Waals surface area (Å²) in [4.78, 5) is 20.0. The van der Waals surface area contributed by atoms with Crippen LogP contribution in [0.25, 0.3) is 0 Å². The van der Waals surface area contributed by atoms with Crippen LogP contribution in [0.4, 0.5) is 0 Å². The lowest BCUT2D eigenvalue weighted by Crippen LogP contribution is -2.39. The average Bonchev–Trinajstić information content (AvgIpc) is 1.57. The molecular weight excluding hydrogens is 108 g/mol. The van der Waals surface area contributed by atoms with E-state index in [9.17, 15) is 14.7 Å². The van der Waals surface area contributed by atoms with Gasteiger partial charge in [-0.15, -0.1) is 0 Å². The molecular formula is C5H5O3-. The van der Waals surface area contributed by atoms with Crippen LogP contribution in [-0.2, 0) is 9.59 Å². The highest BCUT2D eigenvalue weighted by molar-refractivity contribution is 5.92. The Morgan fingerprint density at radius 3 is 2.25 bits per heavy atom. The van der Waals surface area contributed by atoms with Crippen molar-refractivity contribution in [3.05, 3.63) is 0 Å². The second kappa shape index (κ2) is 1.58. The molecule has 0 atom stereocenters. The van der Waals surface area contributed by atoms with Crippen LogP contribution < -0.4 is 5.11 Å². The molecule has 0 N–H and O–H groups in total. The summed E-state index contributed by atoms with van der Waals surface area (Å²) in [5.74, 6) is -1.55. The SMILES string of the molecule is O=C1CC(C(=O)[O-])C1. The first-order valence-corrected chi connectivity index (χ1v) is 2.42. The molecule has 44 valence electrons. The minimum atomic E-state index is -1.09. The first-order chi connectivity index (χ1) is 3.70. The van der Waals surface area contributed by atoms with E-state index in [1.54, 1.807) is 0 Å². The van der Waals surface area contributed by atoms with Crippen molar-refractivity contribution in [1.29, 1.82) is 0 Å². The Balaban J connectivity index is 2.35. The van der Waals surface area contributed by atoms with Crippen molar-refractivity contribution < 1.29 is 14.7 Å². The van der Waals surface area contributed by atoms with E-state index in [4.69, 9.17) is 0 Å². The maximum absolute atomic E-state index is 10.1. The summed E-state index contributed by atoms with van der Waals surface area (Å²) in [6.07, 6.45) is 0.366. The van der Waals surface area contributed by atoms with Crippen LogP contribution in [0.15, 0.2) is 0 Å². The van der Waals surface area contributed by atoms with Gasteiger partial charge in [-0.2, -0.15) is 0 Å². The highest BCUT2D eigenvalue weighted by atomic mass is 16.4. The van der Waals surface area contributed by atoms with Crippen LogP contribution in [0.5, 0.6) is 0 Å². The summed E-state index contributed by atoms with van der Waals surface area (Å²) in [6.45, 7) is 0. The van der Waals surface area contributed by atoms with Gasteiger partial charge in [0.05, 0.1) is 0 Å². The fourth-order valence-electron chi connectivity index (χ4n) is 0.657. The fourth-order valence-corrected chi connectivity index (χ4v) is 0.657. The fraction of sp³-hybridized carbons (Fsp3) is 0.600. The lowest BCUT2D eigenvalue weighted by atomic mass is 9.84. The summed E-state index contributed by atoms with van der Waals surface area (Å²) in [6, 6.07) is 0. The number of hydrogen-bond donors (Lipinski definition) is 0. The number of aliphatic carboxylic acids is 1. The Morgan fingerprint density at radius 1 is 1.62 bits per heavy atom. The molecule has 0 aromatic rings. The Morgan fingerprint density at radius 2 is 2.12 bits per heavy atom. The first-order valence-electron chi connectivity index (χ1n) is 2.42. The predicted molar refractivity (Wildman–Crippen MR) is 22.7 cm³/mol. The molecule has 1 aliphatic rings. The number of carboxylic acid groups (broad SMARTS) is 1. The number of hydrogen-bond acceptors (Lipinski definition) is 3. The zero-order chi connectivity index (χ0) is 6.15. The number of carboxylic acids is 1. The van der Waals surface area contributed by atoms with E-state index in [2.05, 4.69) is 0 Å². The highest BCUT2D eigenvalue weighted by Gasteiger charge is 2.26. The van der Waals surface area contributed by atoms with Crippen molar-refractivity contribution in [1.82, 2.24) is 0 Å². The highest BCUT2D eigenvalue weighted by Crippen LogP contribution is 2.21. The van der Waals surface area contributed by atoms with Crippen LogP contribution in [-0.4, -0.2) is 11.8 Å². The zero-order valence-electron chi connectivity index (χ0n) is 4.22. The molecule has 0 unspecified atom stereocenters. The molecule has 1 rings (SSSR count).